The summed E-state index contributed by atoms with van der Waals surface area (Å²) >= 11 is 0. The molecule has 3 N–H and O–H groups in total. The summed E-state index contributed by atoms with van der Waals surface area (Å²) in [5, 5.41) is 23.8. The molecule has 1 aromatic carbocycles. The number of allylic oxidation sites excluding steroid dienone is 1. The number of unbranched alkanes of at least 4 members (excludes halogenated alkanes) is 9. The summed E-state index contributed by atoms with van der Waals surface area (Å²) in [4.78, 5) is 25.2. The lowest BCUT2D eigenvalue weighted by atomic mass is 9.82. The second-order valence-electron chi connectivity index (χ2n) is 12.5. The highest BCUT2D eigenvalue weighted by atomic mass is 32.2. The zero-order chi connectivity index (χ0) is 32.7. The molecule has 0 aromatic heterocycles. The largest absolute Gasteiger partial charge is 0.494 e. The number of nitrogens with one attached hydrogen (secondary N) is 1. The minimum atomic E-state index is -2.15. The van der Waals surface area contributed by atoms with Crippen LogP contribution in [-0.2, 0) is 25.9 Å². The Morgan fingerprint density at radius 2 is 1.50 bits per heavy atom. The van der Waals surface area contributed by atoms with Crippen LogP contribution in [0.25, 0.3) is 0 Å². The van der Waals surface area contributed by atoms with Crippen LogP contribution in [0.15, 0.2) is 36.4 Å². The van der Waals surface area contributed by atoms with E-state index in [0.717, 1.165) is 74.2 Å². The van der Waals surface area contributed by atoms with Gasteiger partial charge in [-0.15, -0.1) is 9.93 Å². The van der Waals surface area contributed by atoms with E-state index in [1.54, 1.807) is 13.0 Å². The number of aryl methyl sites for hydroxylation is 1. The average Bonchev–Trinajstić information content (AvgIpc) is 2.99. The maximum atomic E-state index is 13.1. The lowest BCUT2D eigenvalue weighted by Crippen LogP contribution is -2.51. The van der Waals surface area contributed by atoms with Gasteiger partial charge in [-0.3, -0.25) is 9.00 Å². The van der Waals surface area contributed by atoms with Crippen molar-refractivity contribution in [1.82, 2.24) is 5.32 Å². The monoisotopic (exact) mass is 637 g/mol. The molecule has 7 nitrogen and oxygen atoms in total. The van der Waals surface area contributed by atoms with Crippen LogP contribution in [0.2, 0.25) is 0 Å². The Labute approximate surface area is 269 Å². The minimum Gasteiger partial charge on any atom is -0.494 e. The van der Waals surface area contributed by atoms with Gasteiger partial charge in [0.2, 0.25) is 5.91 Å². The topological polar surface area (TPSA) is 113 Å². The summed E-state index contributed by atoms with van der Waals surface area (Å²) in [6, 6.07) is 7.96. The van der Waals surface area contributed by atoms with Gasteiger partial charge in [-0.25, -0.2) is 4.79 Å². The molecule has 44 heavy (non-hydrogen) atoms. The molecule has 0 radical (unpaired) electrons. The van der Waals surface area contributed by atoms with Crippen molar-refractivity contribution >= 4 is 21.8 Å². The number of aliphatic hydroxyl groups is 1. The third-order valence-corrected chi connectivity index (χ3v) is 10.8. The van der Waals surface area contributed by atoms with E-state index in [4.69, 9.17) is 4.74 Å². The summed E-state index contributed by atoms with van der Waals surface area (Å²) < 4.78 is 18.5. The zero-order valence-electron chi connectivity index (χ0n) is 28.2. The molecule has 8 heteroatoms. The van der Waals surface area contributed by atoms with Gasteiger partial charge in [0.05, 0.1) is 12.5 Å². The molecule has 0 spiro atoms. The first-order chi connectivity index (χ1) is 21.1. The van der Waals surface area contributed by atoms with Crippen molar-refractivity contribution in [2.24, 2.45) is 5.92 Å². The lowest BCUT2D eigenvalue weighted by molar-refractivity contribution is -0.167. The first kappa shape index (κ1) is 39.8. The summed E-state index contributed by atoms with van der Waals surface area (Å²) in [5.41, 5.74) is -1.02. The number of carbonyl (C=O) groups is 2. The number of carboxylic acid groups (broad SMARTS) is 1. The fraction of sp³-hybridized carbons (Fsp3) is 0.722. The molecule has 0 aliphatic carbocycles. The van der Waals surface area contributed by atoms with E-state index in [2.05, 4.69) is 19.2 Å². The van der Waals surface area contributed by atoms with E-state index in [9.17, 15) is 24.0 Å². The molecule has 2 atom stereocenters. The van der Waals surface area contributed by atoms with E-state index < -0.39 is 33.3 Å². The number of carbonyl (C=O) groups excluding carboxylic acids is 1. The predicted octanol–water partition coefficient (Wildman–Crippen LogP) is 7.27. The van der Waals surface area contributed by atoms with Gasteiger partial charge in [0.15, 0.2) is 5.60 Å². The molecule has 1 amide bonds. The molecular formula is C36H63NO6S. The highest BCUT2D eigenvalue weighted by molar-refractivity contribution is 8.02. The fourth-order valence-corrected chi connectivity index (χ4v) is 7.41. The van der Waals surface area contributed by atoms with E-state index in [-0.39, 0.29) is 6.42 Å². The summed E-state index contributed by atoms with van der Waals surface area (Å²) in [6.07, 6.45) is 19.9. The lowest BCUT2D eigenvalue weighted by Gasteiger charge is -2.29. The highest BCUT2D eigenvalue weighted by Crippen LogP contribution is 2.26. The van der Waals surface area contributed by atoms with Gasteiger partial charge in [-0.05, 0) is 75.3 Å². The number of hydrogen-bond acceptors (Lipinski definition) is 5. The van der Waals surface area contributed by atoms with Gasteiger partial charge in [0.25, 0.3) is 0 Å². The van der Waals surface area contributed by atoms with E-state index in [0.29, 0.717) is 32.4 Å². The molecule has 254 valence electrons. The van der Waals surface area contributed by atoms with Crippen LogP contribution < -0.4 is 10.1 Å². The molecular weight excluding hydrogens is 574 g/mol. The average molecular weight is 638 g/mol. The molecule has 0 heterocycles. The third kappa shape index (κ3) is 16.8. The highest BCUT2D eigenvalue weighted by Gasteiger charge is 2.45. The Balaban J connectivity index is 2.53. The molecule has 0 aliphatic heterocycles. The maximum absolute atomic E-state index is 13.1. The van der Waals surface area contributed by atoms with Crippen molar-refractivity contribution in [3.8, 4) is 5.75 Å². The van der Waals surface area contributed by atoms with Crippen molar-refractivity contribution in [2.45, 2.75) is 129 Å². The Morgan fingerprint density at radius 3 is 2.09 bits per heavy atom. The Kier molecular flexibility index (Phi) is 21.0. The van der Waals surface area contributed by atoms with Crippen molar-refractivity contribution in [3.05, 3.63) is 42.0 Å². The summed E-state index contributed by atoms with van der Waals surface area (Å²) in [5.74, 6) is -0.491. The first-order valence-electron chi connectivity index (χ1n) is 17.3. The van der Waals surface area contributed by atoms with Gasteiger partial charge in [0, 0.05) is 18.1 Å². The Bertz CT molecular complexity index is 995. The van der Waals surface area contributed by atoms with E-state index in [1.165, 1.54) is 25.7 Å². The van der Waals surface area contributed by atoms with Crippen LogP contribution in [0.1, 0.15) is 123 Å². The van der Waals surface area contributed by atoms with Gasteiger partial charge >= 0.3 is 5.97 Å². The Hall–Kier alpha value is -2.19. The molecule has 1 rings (SSSR count). The van der Waals surface area contributed by atoms with Crippen molar-refractivity contribution in [2.75, 3.05) is 30.9 Å². The van der Waals surface area contributed by atoms with E-state index in [1.807, 2.05) is 36.6 Å². The molecule has 0 saturated heterocycles. The number of rotatable bonds is 27. The van der Waals surface area contributed by atoms with Gasteiger partial charge in [-0.2, -0.15) is 0 Å². The van der Waals surface area contributed by atoms with Crippen LogP contribution in [0, 0.1) is 5.92 Å². The van der Waals surface area contributed by atoms with Crippen molar-refractivity contribution in [3.63, 3.8) is 0 Å². The number of carboxylic acids is 1. The number of ether oxygens (including phenoxy) is 1. The number of amides is 1. The first-order valence-corrected chi connectivity index (χ1v) is 19.8. The second-order valence-corrected chi connectivity index (χ2v) is 16.0. The molecule has 0 bridgehead atoms. The number of thiol groups is 1. The van der Waals surface area contributed by atoms with E-state index >= 15 is 0 Å². The summed E-state index contributed by atoms with van der Waals surface area (Å²) in [6.45, 7) is 7.23. The standard InChI is InChI=1S/C36H63NO6S/c1-5-8-10-14-17-29-44(4,42)30-18-15-12-11-13-16-21-33(36(41,26-7-3)35(39)40)34(38)37-27-19-20-31-22-24-32(25-23-31)43-28-9-6-2/h16,21-25,33,41,44H,5-15,17-20,26-30H2,1-4H3,(H,37,38)(H,39,40)/b21-16+/t33-,36+/m1/s1. The van der Waals surface area contributed by atoms with Gasteiger partial charge in [-0.1, -0.05) is 96.4 Å². The molecule has 1 aromatic rings. The maximum Gasteiger partial charge on any atom is 0.336 e. The minimum absolute atomic E-state index is 0.00683. The van der Waals surface area contributed by atoms with Crippen LogP contribution >= 0.6 is 0 Å². The SMILES string of the molecule is CCCCCCC[SH](C)(=O)CCCCCC/C=C/[C@H](C(=O)NCCCc1ccc(OCCCC)cc1)[C@@](O)(CCC)C(=O)O. The predicted molar refractivity (Wildman–Crippen MR) is 185 cm³/mol. The van der Waals surface area contributed by atoms with Gasteiger partial charge in [0.1, 0.15) is 5.75 Å². The normalized spacial score (nSPS) is 14.3. The third-order valence-electron chi connectivity index (χ3n) is 8.25. The number of benzene rings is 1. The zero-order valence-corrected chi connectivity index (χ0v) is 29.1. The van der Waals surface area contributed by atoms with Gasteiger partial charge < -0.3 is 20.3 Å². The fourth-order valence-electron chi connectivity index (χ4n) is 5.40. The van der Waals surface area contributed by atoms with Crippen molar-refractivity contribution in [1.29, 1.82) is 0 Å². The smallest absolute Gasteiger partial charge is 0.336 e. The van der Waals surface area contributed by atoms with Crippen molar-refractivity contribution < 1.29 is 28.7 Å². The van der Waals surface area contributed by atoms with Crippen LogP contribution in [0.3, 0.4) is 0 Å². The van der Waals surface area contributed by atoms with Crippen LogP contribution in [0.4, 0.5) is 0 Å². The molecule has 0 aliphatic rings. The quantitative estimate of drug-likeness (QED) is 0.0459. The van der Waals surface area contributed by atoms with Crippen LogP contribution in [-0.4, -0.2) is 62.8 Å². The number of hydrogen-bond donors (Lipinski definition) is 4. The second kappa shape index (κ2) is 23.2. The summed E-state index contributed by atoms with van der Waals surface area (Å²) in [7, 11) is -2.05. The van der Waals surface area contributed by atoms with Crippen LogP contribution in [0.5, 0.6) is 5.75 Å². The molecule has 0 unspecified atom stereocenters. The number of aliphatic carboxylic acids is 1. The molecule has 0 fully saturated rings. The molecule has 0 saturated carbocycles. The Morgan fingerprint density at radius 1 is 0.886 bits per heavy atom.